The molecule has 7 heteroatoms. The van der Waals surface area contributed by atoms with Gasteiger partial charge in [-0.3, -0.25) is 0 Å². The van der Waals surface area contributed by atoms with Crippen molar-refractivity contribution in [2.75, 3.05) is 24.2 Å². The fourth-order valence-electron chi connectivity index (χ4n) is 3.03. The number of nitrogens with zero attached hydrogens (tertiary/aromatic N) is 2. The van der Waals surface area contributed by atoms with Crippen molar-refractivity contribution in [1.82, 2.24) is 9.88 Å². The number of urea groups is 1. The van der Waals surface area contributed by atoms with Gasteiger partial charge in [-0.05, 0) is 37.4 Å². The van der Waals surface area contributed by atoms with Gasteiger partial charge in [0, 0.05) is 36.4 Å². The second-order valence-electron chi connectivity index (χ2n) is 6.48. The Balaban J connectivity index is 1.86. The SMILES string of the molecule is CCNc1ncc([C@H](C)N(C)C(=O)Nc2ccc(F)c(Cl)c2)c2ccccc12. The van der Waals surface area contributed by atoms with E-state index in [0.717, 1.165) is 28.7 Å². The Morgan fingerprint density at radius 1 is 1.25 bits per heavy atom. The van der Waals surface area contributed by atoms with Gasteiger partial charge in [-0.2, -0.15) is 0 Å². The molecule has 2 N–H and O–H groups in total. The minimum Gasteiger partial charge on any atom is -0.370 e. The minimum atomic E-state index is -0.528. The molecule has 0 radical (unpaired) electrons. The Kier molecular flexibility index (Phi) is 5.99. The van der Waals surface area contributed by atoms with Gasteiger partial charge in [-0.15, -0.1) is 0 Å². The Hall–Kier alpha value is -2.86. The fraction of sp³-hybridized carbons (Fsp3) is 0.238. The topological polar surface area (TPSA) is 57.3 Å². The predicted molar refractivity (Wildman–Crippen MR) is 113 cm³/mol. The lowest BCUT2D eigenvalue weighted by Crippen LogP contribution is -2.33. The Morgan fingerprint density at radius 3 is 2.64 bits per heavy atom. The van der Waals surface area contributed by atoms with E-state index in [9.17, 15) is 9.18 Å². The summed E-state index contributed by atoms with van der Waals surface area (Å²) in [7, 11) is 1.71. The molecule has 0 bridgehead atoms. The largest absolute Gasteiger partial charge is 0.370 e. The fourth-order valence-corrected chi connectivity index (χ4v) is 3.21. The van der Waals surface area contributed by atoms with Gasteiger partial charge in [0.2, 0.25) is 0 Å². The lowest BCUT2D eigenvalue weighted by Gasteiger charge is -2.27. The van der Waals surface area contributed by atoms with Gasteiger partial charge in [0.1, 0.15) is 11.6 Å². The average molecular weight is 401 g/mol. The second kappa shape index (κ2) is 8.44. The highest BCUT2D eigenvalue weighted by molar-refractivity contribution is 6.31. The van der Waals surface area contributed by atoms with Crippen molar-refractivity contribution >= 4 is 39.9 Å². The Bertz CT molecular complexity index is 1010. The number of carbonyl (C=O) groups is 1. The third-order valence-corrected chi connectivity index (χ3v) is 4.98. The number of carbonyl (C=O) groups excluding carboxylic acids is 1. The molecule has 0 aliphatic rings. The highest BCUT2D eigenvalue weighted by atomic mass is 35.5. The van der Waals surface area contributed by atoms with Gasteiger partial charge >= 0.3 is 6.03 Å². The number of anilines is 2. The maximum atomic E-state index is 13.3. The lowest BCUT2D eigenvalue weighted by molar-refractivity contribution is 0.208. The maximum Gasteiger partial charge on any atom is 0.322 e. The predicted octanol–water partition coefficient (Wildman–Crippen LogP) is 5.68. The van der Waals surface area contributed by atoms with Crippen molar-refractivity contribution in [2.24, 2.45) is 0 Å². The van der Waals surface area contributed by atoms with Crippen LogP contribution in [0.1, 0.15) is 25.5 Å². The zero-order valence-electron chi connectivity index (χ0n) is 16.0. The van der Waals surface area contributed by atoms with E-state index in [1.54, 1.807) is 18.1 Å². The first kappa shape index (κ1) is 19.9. The van der Waals surface area contributed by atoms with Gasteiger partial charge in [0.25, 0.3) is 0 Å². The number of benzene rings is 2. The van der Waals surface area contributed by atoms with Crippen molar-refractivity contribution in [3.63, 3.8) is 0 Å². The summed E-state index contributed by atoms with van der Waals surface area (Å²) in [5.41, 5.74) is 1.37. The molecule has 3 aromatic rings. The van der Waals surface area contributed by atoms with Crippen LogP contribution in [0.15, 0.2) is 48.7 Å². The summed E-state index contributed by atoms with van der Waals surface area (Å²) < 4.78 is 13.3. The van der Waals surface area contributed by atoms with E-state index in [-0.39, 0.29) is 17.1 Å². The minimum absolute atomic E-state index is 0.0392. The molecule has 2 amide bonds. The van der Waals surface area contributed by atoms with Crippen molar-refractivity contribution < 1.29 is 9.18 Å². The molecule has 0 aliphatic carbocycles. The van der Waals surface area contributed by atoms with E-state index in [1.165, 1.54) is 18.2 Å². The molecule has 3 rings (SSSR count). The normalized spacial score (nSPS) is 11.9. The maximum absolute atomic E-state index is 13.3. The Morgan fingerprint density at radius 2 is 1.96 bits per heavy atom. The smallest absolute Gasteiger partial charge is 0.322 e. The van der Waals surface area contributed by atoms with Crippen molar-refractivity contribution in [3.8, 4) is 0 Å². The summed E-state index contributed by atoms with van der Waals surface area (Å²) in [6.45, 7) is 4.73. The van der Waals surface area contributed by atoms with E-state index in [0.29, 0.717) is 5.69 Å². The highest BCUT2D eigenvalue weighted by Crippen LogP contribution is 2.31. The van der Waals surface area contributed by atoms with Crippen molar-refractivity contribution in [1.29, 1.82) is 0 Å². The number of pyridine rings is 1. The summed E-state index contributed by atoms with van der Waals surface area (Å²) in [5.74, 6) is 0.293. The summed E-state index contributed by atoms with van der Waals surface area (Å²) in [5, 5.41) is 8.01. The zero-order valence-corrected chi connectivity index (χ0v) is 16.7. The number of rotatable bonds is 5. The first-order chi connectivity index (χ1) is 13.4. The van der Waals surface area contributed by atoms with Gasteiger partial charge in [-0.1, -0.05) is 35.9 Å². The lowest BCUT2D eigenvalue weighted by atomic mass is 10.0. The van der Waals surface area contributed by atoms with E-state index >= 15 is 0 Å². The third-order valence-electron chi connectivity index (χ3n) is 4.69. The Labute approximate surface area is 168 Å². The van der Waals surface area contributed by atoms with Crippen LogP contribution in [0.2, 0.25) is 5.02 Å². The number of aromatic nitrogens is 1. The molecule has 1 heterocycles. The molecule has 5 nitrogen and oxygen atoms in total. The van der Waals surface area contributed by atoms with Crippen LogP contribution in [0.4, 0.5) is 20.7 Å². The molecule has 1 aromatic heterocycles. The van der Waals surface area contributed by atoms with E-state index in [2.05, 4.69) is 15.6 Å². The molecule has 0 fully saturated rings. The molecule has 1 atom stereocenters. The van der Waals surface area contributed by atoms with Gasteiger partial charge in [0.05, 0.1) is 11.1 Å². The number of nitrogens with one attached hydrogen (secondary N) is 2. The van der Waals surface area contributed by atoms with Crippen LogP contribution in [0.5, 0.6) is 0 Å². The summed E-state index contributed by atoms with van der Waals surface area (Å²) in [6, 6.07) is 11.5. The highest BCUT2D eigenvalue weighted by Gasteiger charge is 2.21. The molecule has 0 saturated carbocycles. The van der Waals surface area contributed by atoms with E-state index in [4.69, 9.17) is 11.6 Å². The molecule has 28 heavy (non-hydrogen) atoms. The summed E-state index contributed by atoms with van der Waals surface area (Å²) >= 11 is 5.79. The van der Waals surface area contributed by atoms with Crippen LogP contribution in [-0.2, 0) is 0 Å². The van der Waals surface area contributed by atoms with Gasteiger partial charge < -0.3 is 15.5 Å². The third kappa shape index (κ3) is 4.02. The summed E-state index contributed by atoms with van der Waals surface area (Å²) in [6.07, 6.45) is 1.80. The first-order valence-corrected chi connectivity index (χ1v) is 9.40. The number of amides is 2. The van der Waals surface area contributed by atoms with E-state index in [1.807, 2.05) is 38.1 Å². The zero-order chi connectivity index (χ0) is 20.3. The average Bonchev–Trinajstić information content (AvgIpc) is 2.70. The van der Waals surface area contributed by atoms with Gasteiger partial charge in [0.15, 0.2) is 0 Å². The van der Waals surface area contributed by atoms with Crippen LogP contribution in [-0.4, -0.2) is 29.5 Å². The number of fused-ring (bicyclic) bond motifs is 1. The standard InChI is InChI=1S/C21H22ClFN4O/c1-4-24-20-16-8-6-5-7-15(16)17(12-25-20)13(2)27(3)21(28)26-14-9-10-19(23)18(22)11-14/h5-13H,4H2,1-3H3,(H,24,25)(H,26,28)/t13-/m0/s1. The first-order valence-electron chi connectivity index (χ1n) is 9.02. The summed E-state index contributed by atoms with van der Waals surface area (Å²) in [4.78, 5) is 18.8. The molecule has 0 saturated heterocycles. The van der Waals surface area contributed by atoms with Crippen LogP contribution in [0.3, 0.4) is 0 Å². The number of hydrogen-bond acceptors (Lipinski definition) is 3. The molecule has 0 unspecified atom stereocenters. The quantitative estimate of drug-likeness (QED) is 0.578. The van der Waals surface area contributed by atoms with Crippen LogP contribution >= 0.6 is 11.6 Å². The van der Waals surface area contributed by atoms with Gasteiger partial charge in [-0.25, -0.2) is 14.2 Å². The molecule has 146 valence electrons. The molecule has 0 aliphatic heterocycles. The van der Waals surface area contributed by atoms with Crippen molar-refractivity contribution in [2.45, 2.75) is 19.9 Å². The number of hydrogen-bond donors (Lipinski definition) is 2. The van der Waals surface area contributed by atoms with Crippen LogP contribution in [0, 0.1) is 5.82 Å². The van der Waals surface area contributed by atoms with Crippen molar-refractivity contribution in [3.05, 3.63) is 65.1 Å². The molecule has 0 spiro atoms. The molecular formula is C21H22ClFN4O. The monoisotopic (exact) mass is 400 g/mol. The molecular weight excluding hydrogens is 379 g/mol. The second-order valence-corrected chi connectivity index (χ2v) is 6.89. The van der Waals surface area contributed by atoms with Crippen LogP contribution in [0.25, 0.3) is 10.8 Å². The van der Waals surface area contributed by atoms with Crippen LogP contribution < -0.4 is 10.6 Å². The van der Waals surface area contributed by atoms with E-state index < -0.39 is 5.82 Å². The number of halogens is 2. The molecule has 2 aromatic carbocycles.